The average molecular weight is 288 g/mol. The molecule has 1 saturated heterocycles. The summed E-state index contributed by atoms with van der Waals surface area (Å²) in [7, 11) is 0. The molecule has 5 nitrogen and oxygen atoms in total. The lowest BCUT2D eigenvalue weighted by Crippen LogP contribution is -2.44. The maximum absolute atomic E-state index is 12.6. The topological polar surface area (TPSA) is 70.2 Å². The van der Waals surface area contributed by atoms with Crippen LogP contribution in [0.4, 0.5) is 0 Å². The number of pyridine rings is 1. The summed E-state index contributed by atoms with van der Waals surface area (Å²) < 4.78 is 0. The first-order valence-electron chi connectivity index (χ1n) is 7.69. The van der Waals surface area contributed by atoms with E-state index >= 15 is 0 Å². The normalized spacial score (nSPS) is 26.1. The van der Waals surface area contributed by atoms with Crippen LogP contribution in [0.1, 0.15) is 48.9 Å². The molecule has 2 unspecified atom stereocenters. The highest BCUT2D eigenvalue weighted by molar-refractivity contribution is 5.95. The van der Waals surface area contributed by atoms with E-state index in [2.05, 4.69) is 4.98 Å². The number of rotatable bonds is 2. The summed E-state index contributed by atoms with van der Waals surface area (Å²) in [6, 6.07) is 2.98. The van der Waals surface area contributed by atoms with Crippen LogP contribution in [0.3, 0.4) is 0 Å². The van der Waals surface area contributed by atoms with Crippen LogP contribution in [-0.2, 0) is 4.79 Å². The number of H-pyrrole nitrogens is 1. The summed E-state index contributed by atoms with van der Waals surface area (Å²) in [5.41, 5.74) is 0.138. The Kier molecular flexibility index (Phi) is 3.90. The van der Waals surface area contributed by atoms with Crippen LogP contribution in [0.25, 0.3) is 0 Å². The number of hydrogen-bond acceptors (Lipinski definition) is 3. The Labute approximate surface area is 123 Å². The zero-order chi connectivity index (χ0) is 14.8. The van der Waals surface area contributed by atoms with Gasteiger partial charge in [-0.3, -0.25) is 14.4 Å². The summed E-state index contributed by atoms with van der Waals surface area (Å²) >= 11 is 0. The summed E-state index contributed by atoms with van der Waals surface area (Å²) in [5.74, 6) is 0.172. The Morgan fingerprint density at radius 3 is 2.81 bits per heavy atom. The van der Waals surface area contributed by atoms with Gasteiger partial charge in [-0.05, 0) is 31.7 Å². The molecule has 0 spiro atoms. The quantitative estimate of drug-likeness (QED) is 0.901. The number of ketones is 1. The predicted molar refractivity (Wildman–Crippen MR) is 78.1 cm³/mol. The molecule has 2 heterocycles. The van der Waals surface area contributed by atoms with Gasteiger partial charge in [0, 0.05) is 42.8 Å². The lowest BCUT2D eigenvalue weighted by atomic mass is 9.81. The number of Topliss-reactive ketones (excluding diaryl/α,β-unsaturated/α-hetero) is 1. The van der Waals surface area contributed by atoms with Crippen molar-refractivity contribution in [3.05, 3.63) is 34.2 Å². The fourth-order valence-corrected chi connectivity index (χ4v) is 3.62. The molecule has 1 aromatic heterocycles. The minimum absolute atomic E-state index is 0.00723. The zero-order valence-electron chi connectivity index (χ0n) is 12.0. The molecule has 1 aromatic rings. The van der Waals surface area contributed by atoms with E-state index in [0.29, 0.717) is 24.3 Å². The number of carbonyl (C=O) groups excluding carboxylic acids is 2. The van der Waals surface area contributed by atoms with E-state index in [1.165, 1.54) is 12.3 Å². The molecule has 2 atom stereocenters. The lowest BCUT2D eigenvalue weighted by molar-refractivity contribution is -0.126. The third-order valence-corrected chi connectivity index (χ3v) is 4.65. The van der Waals surface area contributed by atoms with Gasteiger partial charge < -0.3 is 9.88 Å². The maximum atomic E-state index is 12.6. The number of nitrogens with zero attached hydrogens (tertiary/aromatic N) is 1. The van der Waals surface area contributed by atoms with Gasteiger partial charge in [-0.2, -0.15) is 0 Å². The number of nitrogens with one attached hydrogen (secondary N) is 1. The molecule has 5 heteroatoms. The second kappa shape index (κ2) is 5.84. The first-order chi connectivity index (χ1) is 10.2. The van der Waals surface area contributed by atoms with E-state index in [9.17, 15) is 14.4 Å². The van der Waals surface area contributed by atoms with Gasteiger partial charge >= 0.3 is 0 Å². The van der Waals surface area contributed by atoms with Crippen molar-refractivity contribution in [2.24, 2.45) is 5.92 Å². The van der Waals surface area contributed by atoms with E-state index in [1.807, 2.05) is 4.90 Å². The molecule has 112 valence electrons. The molecule has 1 N–H and O–H groups in total. The highest BCUT2D eigenvalue weighted by atomic mass is 16.2. The van der Waals surface area contributed by atoms with Crippen LogP contribution >= 0.6 is 0 Å². The van der Waals surface area contributed by atoms with Crippen molar-refractivity contribution in [3.63, 3.8) is 0 Å². The van der Waals surface area contributed by atoms with Crippen molar-refractivity contribution >= 4 is 11.7 Å². The van der Waals surface area contributed by atoms with Crippen LogP contribution < -0.4 is 5.56 Å². The van der Waals surface area contributed by atoms with Gasteiger partial charge in [0.05, 0.1) is 0 Å². The third-order valence-electron chi connectivity index (χ3n) is 4.65. The minimum atomic E-state index is -0.273. The zero-order valence-corrected chi connectivity index (χ0v) is 12.0. The molecule has 1 aliphatic heterocycles. The largest absolute Gasteiger partial charge is 0.335 e. The summed E-state index contributed by atoms with van der Waals surface area (Å²) in [6.07, 6.45) is 6.90. The van der Waals surface area contributed by atoms with Crippen molar-refractivity contribution in [3.8, 4) is 0 Å². The second-order valence-electron chi connectivity index (χ2n) is 5.97. The van der Waals surface area contributed by atoms with Crippen molar-refractivity contribution in [2.45, 2.75) is 44.6 Å². The Morgan fingerprint density at radius 1 is 1.19 bits per heavy atom. The molecule has 1 saturated carbocycles. The lowest BCUT2D eigenvalue weighted by Gasteiger charge is -2.33. The number of aromatic amines is 1. The fraction of sp³-hybridized carbons (Fsp3) is 0.562. The van der Waals surface area contributed by atoms with Crippen molar-refractivity contribution in [2.75, 3.05) is 6.54 Å². The van der Waals surface area contributed by atoms with Gasteiger partial charge in [0.1, 0.15) is 5.78 Å². The number of likely N-dealkylation sites (tertiary alicyclic amines) is 1. The van der Waals surface area contributed by atoms with E-state index in [0.717, 1.165) is 32.1 Å². The molecule has 21 heavy (non-hydrogen) atoms. The summed E-state index contributed by atoms with van der Waals surface area (Å²) in [6.45, 7) is 0.681. The van der Waals surface area contributed by atoms with Crippen molar-refractivity contribution in [1.29, 1.82) is 0 Å². The molecule has 2 fully saturated rings. The Hall–Kier alpha value is -1.91. The Morgan fingerprint density at radius 2 is 2.05 bits per heavy atom. The van der Waals surface area contributed by atoms with Gasteiger partial charge in [-0.1, -0.05) is 6.42 Å². The molecule has 1 aliphatic carbocycles. The average Bonchev–Trinajstić information content (AvgIpc) is 2.96. The molecular weight excluding hydrogens is 268 g/mol. The predicted octanol–water partition coefficient (Wildman–Crippen LogP) is 1.74. The van der Waals surface area contributed by atoms with Crippen LogP contribution in [0.5, 0.6) is 0 Å². The number of aromatic nitrogens is 1. The van der Waals surface area contributed by atoms with Gasteiger partial charge in [0.15, 0.2) is 0 Å². The molecule has 0 bridgehead atoms. The third kappa shape index (κ3) is 2.77. The Balaban J connectivity index is 1.82. The van der Waals surface area contributed by atoms with Gasteiger partial charge in [-0.15, -0.1) is 0 Å². The van der Waals surface area contributed by atoms with E-state index in [-0.39, 0.29) is 23.4 Å². The maximum Gasteiger partial charge on any atom is 0.254 e. The molecule has 0 aromatic carbocycles. The Bertz CT molecular complexity index is 608. The van der Waals surface area contributed by atoms with E-state index in [4.69, 9.17) is 0 Å². The molecule has 2 aliphatic rings. The van der Waals surface area contributed by atoms with Crippen molar-refractivity contribution in [1.82, 2.24) is 9.88 Å². The van der Waals surface area contributed by atoms with Gasteiger partial charge in [-0.25, -0.2) is 0 Å². The number of carbonyl (C=O) groups is 2. The molecule has 0 radical (unpaired) electrons. The van der Waals surface area contributed by atoms with E-state index < -0.39 is 0 Å². The SMILES string of the molecule is O=C1CCCCC1C1CCCN1C(=O)c1cc[nH]c(=O)c1. The highest BCUT2D eigenvalue weighted by Crippen LogP contribution is 2.33. The van der Waals surface area contributed by atoms with Crippen LogP contribution in [0.15, 0.2) is 23.1 Å². The van der Waals surface area contributed by atoms with Gasteiger partial charge in [0.25, 0.3) is 5.91 Å². The molecule has 3 rings (SSSR count). The first-order valence-corrected chi connectivity index (χ1v) is 7.69. The van der Waals surface area contributed by atoms with Crippen molar-refractivity contribution < 1.29 is 9.59 Å². The number of hydrogen-bond donors (Lipinski definition) is 1. The van der Waals surface area contributed by atoms with Crippen LogP contribution in [0, 0.1) is 5.92 Å². The highest BCUT2D eigenvalue weighted by Gasteiger charge is 2.39. The van der Waals surface area contributed by atoms with E-state index in [1.54, 1.807) is 6.07 Å². The number of amides is 1. The van der Waals surface area contributed by atoms with Crippen LogP contribution in [0.2, 0.25) is 0 Å². The molecular formula is C16H20N2O3. The fourth-order valence-electron chi connectivity index (χ4n) is 3.62. The van der Waals surface area contributed by atoms with Crippen LogP contribution in [-0.4, -0.2) is 34.2 Å². The summed E-state index contributed by atoms with van der Waals surface area (Å²) in [5, 5.41) is 0. The smallest absolute Gasteiger partial charge is 0.254 e. The monoisotopic (exact) mass is 288 g/mol. The first kappa shape index (κ1) is 14.0. The minimum Gasteiger partial charge on any atom is -0.335 e. The molecule has 1 amide bonds. The standard InChI is InChI=1S/C16H20N2O3/c19-14-6-2-1-4-12(14)13-5-3-9-18(13)16(21)11-7-8-17-15(20)10-11/h7-8,10,12-13H,1-6,9H2,(H,17,20). The summed E-state index contributed by atoms with van der Waals surface area (Å²) in [4.78, 5) is 40.5. The second-order valence-corrected chi connectivity index (χ2v) is 5.97. The van der Waals surface area contributed by atoms with Gasteiger partial charge in [0.2, 0.25) is 5.56 Å².